The van der Waals surface area contributed by atoms with E-state index >= 15 is 0 Å². The summed E-state index contributed by atoms with van der Waals surface area (Å²) in [6, 6.07) is 3.10. The van der Waals surface area contributed by atoms with Gasteiger partial charge in [-0.2, -0.15) is 0 Å². The number of carbonyl (C=O) groups is 2. The van der Waals surface area contributed by atoms with E-state index < -0.39 is 17.9 Å². The fourth-order valence-corrected chi connectivity index (χ4v) is 2.62. The van der Waals surface area contributed by atoms with E-state index in [0.717, 1.165) is 11.0 Å². The number of aryl methyl sites for hydroxylation is 1. The summed E-state index contributed by atoms with van der Waals surface area (Å²) in [4.78, 5) is 31.7. The molecule has 0 fully saturated rings. The molecule has 0 aromatic carbocycles. The molecule has 0 bridgehead atoms. The third kappa shape index (κ3) is 3.76. The van der Waals surface area contributed by atoms with Gasteiger partial charge in [-0.05, 0) is 18.6 Å². The number of guanidine groups is 1. The van der Waals surface area contributed by atoms with Gasteiger partial charge in [0.2, 0.25) is 11.9 Å². The number of primary amides is 2. The maximum Gasteiger partial charge on any atom is 0.270 e. The molecule has 0 aliphatic carbocycles. The van der Waals surface area contributed by atoms with Crippen molar-refractivity contribution in [3.63, 3.8) is 0 Å². The van der Waals surface area contributed by atoms with Crippen molar-refractivity contribution in [2.75, 3.05) is 5.32 Å². The van der Waals surface area contributed by atoms with E-state index in [0.29, 0.717) is 12.1 Å². The Kier molecular flexibility index (Phi) is 4.83. The SMILES string of the molecule is CC[C@@H](N=C1NNC(C(N)=O)=C(Nc2cnc3c(ccn3C)c2)N1)C(N)=O. The van der Waals surface area contributed by atoms with Gasteiger partial charge in [-0.1, -0.05) is 6.92 Å². The summed E-state index contributed by atoms with van der Waals surface area (Å²) in [6.07, 6.45) is 3.97. The fraction of sp³-hybridized carbons (Fsp3) is 0.250. The number of hydrogen-bond acceptors (Lipinski definition) is 6. The molecular weight excluding hydrogens is 350 g/mol. The molecule has 0 radical (unpaired) electrons. The first kappa shape index (κ1) is 18.0. The number of nitrogens with one attached hydrogen (secondary N) is 4. The lowest BCUT2D eigenvalue weighted by molar-refractivity contribution is -0.119. The lowest BCUT2D eigenvalue weighted by atomic mass is 10.2. The second-order valence-corrected chi connectivity index (χ2v) is 5.98. The van der Waals surface area contributed by atoms with Crippen molar-refractivity contribution in [3.05, 3.63) is 36.0 Å². The minimum atomic E-state index is -0.708. The summed E-state index contributed by atoms with van der Waals surface area (Å²) in [5.41, 5.74) is 17.6. The minimum Gasteiger partial charge on any atom is -0.368 e. The fourth-order valence-electron chi connectivity index (χ4n) is 2.62. The summed E-state index contributed by atoms with van der Waals surface area (Å²) >= 11 is 0. The van der Waals surface area contributed by atoms with E-state index in [1.54, 1.807) is 13.1 Å². The maximum atomic E-state index is 11.7. The minimum absolute atomic E-state index is 0.0780. The molecule has 11 heteroatoms. The van der Waals surface area contributed by atoms with Crippen LogP contribution in [0, 0.1) is 0 Å². The number of anilines is 1. The summed E-state index contributed by atoms with van der Waals surface area (Å²) in [7, 11) is 1.90. The van der Waals surface area contributed by atoms with Crippen molar-refractivity contribution in [3.8, 4) is 0 Å². The van der Waals surface area contributed by atoms with Gasteiger partial charge in [0, 0.05) is 18.6 Å². The van der Waals surface area contributed by atoms with Gasteiger partial charge < -0.3 is 26.7 Å². The Morgan fingerprint density at radius 2 is 2.15 bits per heavy atom. The highest BCUT2D eigenvalue weighted by Crippen LogP contribution is 2.18. The zero-order chi connectivity index (χ0) is 19.6. The van der Waals surface area contributed by atoms with E-state index in [1.165, 1.54) is 0 Å². The highest BCUT2D eigenvalue weighted by Gasteiger charge is 2.22. The van der Waals surface area contributed by atoms with Gasteiger partial charge in [-0.3, -0.25) is 20.4 Å². The van der Waals surface area contributed by atoms with E-state index in [4.69, 9.17) is 11.5 Å². The maximum absolute atomic E-state index is 11.7. The Morgan fingerprint density at radius 3 is 2.81 bits per heavy atom. The van der Waals surface area contributed by atoms with Crippen LogP contribution >= 0.6 is 0 Å². The van der Waals surface area contributed by atoms with Crippen molar-refractivity contribution >= 4 is 34.5 Å². The van der Waals surface area contributed by atoms with Crippen LogP contribution in [0.4, 0.5) is 5.69 Å². The Labute approximate surface area is 154 Å². The number of hydrogen-bond donors (Lipinski definition) is 6. The molecule has 3 heterocycles. The van der Waals surface area contributed by atoms with Crippen molar-refractivity contribution in [1.82, 2.24) is 25.7 Å². The number of nitrogens with zero attached hydrogens (tertiary/aromatic N) is 3. The van der Waals surface area contributed by atoms with Crippen LogP contribution in [0.2, 0.25) is 0 Å². The molecule has 2 aromatic heterocycles. The normalized spacial score (nSPS) is 16.4. The third-order valence-electron chi connectivity index (χ3n) is 4.02. The smallest absolute Gasteiger partial charge is 0.270 e. The summed E-state index contributed by atoms with van der Waals surface area (Å²) < 4.78 is 1.90. The molecule has 0 spiro atoms. The molecule has 142 valence electrons. The van der Waals surface area contributed by atoms with Crippen molar-refractivity contribution < 1.29 is 9.59 Å². The zero-order valence-electron chi connectivity index (χ0n) is 14.9. The van der Waals surface area contributed by atoms with Gasteiger partial charge in [0.1, 0.15) is 17.5 Å². The van der Waals surface area contributed by atoms with E-state index in [2.05, 4.69) is 31.5 Å². The van der Waals surface area contributed by atoms with Crippen LogP contribution in [-0.2, 0) is 16.6 Å². The molecule has 1 aliphatic heterocycles. The van der Waals surface area contributed by atoms with Gasteiger partial charge in [0.15, 0.2) is 5.70 Å². The van der Waals surface area contributed by atoms with Crippen molar-refractivity contribution in [1.29, 1.82) is 0 Å². The van der Waals surface area contributed by atoms with Crippen LogP contribution in [0.15, 0.2) is 41.0 Å². The predicted octanol–water partition coefficient (Wildman–Crippen LogP) is -1.04. The molecular formula is C16H21N9O2. The third-order valence-corrected chi connectivity index (χ3v) is 4.02. The largest absolute Gasteiger partial charge is 0.368 e. The van der Waals surface area contributed by atoms with E-state index in [-0.39, 0.29) is 17.5 Å². The first-order valence-electron chi connectivity index (χ1n) is 8.27. The Balaban J connectivity index is 1.89. The van der Waals surface area contributed by atoms with Gasteiger partial charge in [0.05, 0.1) is 11.9 Å². The molecule has 1 atom stereocenters. The quantitative estimate of drug-likeness (QED) is 0.377. The van der Waals surface area contributed by atoms with Crippen molar-refractivity contribution in [2.45, 2.75) is 19.4 Å². The van der Waals surface area contributed by atoms with Crippen LogP contribution in [0.5, 0.6) is 0 Å². The first-order valence-corrected chi connectivity index (χ1v) is 8.27. The average Bonchev–Trinajstić information content (AvgIpc) is 2.99. The molecule has 8 N–H and O–H groups in total. The molecule has 3 rings (SSSR count). The standard InChI is InChI=1S/C16H21N9O2/c1-3-10(12(17)26)21-16-22-14(11(13(18)27)23-24-16)20-9-6-8-4-5-25(2)15(8)19-7-9/h4-7,10,20,23H,3H2,1-2H3,(H2,17,26)(H2,18,27)(H2,21,22,24)/t10-/m1/s1. The molecule has 0 saturated heterocycles. The van der Waals surface area contributed by atoms with Gasteiger partial charge in [0.25, 0.3) is 5.91 Å². The van der Waals surface area contributed by atoms with E-state index in [9.17, 15) is 9.59 Å². The number of rotatable bonds is 6. The number of aromatic nitrogens is 2. The molecule has 2 aromatic rings. The van der Waals surface area contributed by atoms with E-state index in [1.807, 2.05) is 29.9 Å². The molecule has 27 heavy (non-hydrogen) atoms. The lowest BCUT2D eigenvalue weighted by Gasteiger charge is -2.26. The lowest BCUT2D eigenvalue weighted by Crippen LogP contribution is -2.55. The number of pyridine rings is 1. The van der Waals surface area contributed by atoms with Crippen LogP contribution in [0.1, 0.15) is 13.3 Å². The predicted molar refractivity (Wildman–Crippen MR) is 101 cm³/mol. The second kappa shape index (κ2) is 7.23. The zero-order valence-corrected chi connectivity index (χ0v) is 14.9. The topological polar surface area (TPSA) is 164 Å². The Hall–Kier alpha value is -3.76. The van der Waals surface area contributed by atoms with Crippen LogP contribution in [0.3, 0.4) is 0 Å². The summed E-state index contributed by atoms with van der Waals surface area (Å²) in [6.45, 7) is 1.79. The number of amides is 2. The monoisotopic (exact) mass is 371 g/mol. The van der Waals surface area contributed by atoms with Crippen LogP contribution in [0.25, 0.3) is 11.0 Å². The molecule has 2 amide bonds. The number of fused-ring (bicyclic) bond motifs is 1. The number of nitrogens with two attached hydrogens (primary N) is 2. The second-order valence-electron chi connectivity index (χ2n) is 5.98. The highest BCUT2D eigenvalue weighted by atomic mass is 16.2. The van der Waals surface area contributed by atoms with Gasteiger partial charge >= 0.3 is 0 Å². The Bertz CT molecular complexity index is 960. The summed E-state index contributed by atoms with van der Waals surface area (Å²) in [5.74, 6) is -0.739. The van der Waals surface area contributed by atoms with Crippen molar-refractivity contribution in [2.24, 2.45) is 23.5 Å². The molecule has 0 unspecified atom stereocenters. The average molecular weight is 371 g/mol. The summed E-state index contributed by atoms with van der Waals surface area (Å²) in [5, 5.41) is 6.90. The molecule has 0 saturated carbocycles. The number of carbonyl (C=O) groups excluding carboxylic acids is 2. The molecule has 1 aliphatic rings. The number of hydrazine groups is 1. The van der Waals surface area contributed by atoms with Crippen LogP contribution in [-0.4, -0.2) is 33.4 Å². The molecule has 11 nitrogen and oxygen atoms in total. The first-order chi connectivity index (χ1) is 12.9. The van der Waals surface area contributed by atoms with Gasteiger partial charge in [-0.25, -0.2) is 9.98 Å². The Morgan fingerprint density at radius 1 is 1.37 bits per heavy atom. The number of aliphatic imine (C=N–C) groups is 1. The highest BCUT2D eigenvalue weighted by molar-refractivity contribution is 5.97. The van der Waals surface area contributed by atoms with Gasteiger partial charge in [-0.15, -0.1) is 0 Å². The van der Waals surface area contributed by atoms with Crippen LogP contribution < -0.4 is 33.0 Å².